The van der Waals surface area contributed by atoms with Gasteiger partial charge in [-0.05, 0) is 24.3 Å². The van der Waals surface area contributed by atoms with E-state index in [1.165, 1.54) is 27.2 Å². The highest BCUT2D eigenvalue weighted by molar-refractivity contribution is 7.99. The number of nitrogens with one attached hydrogen (secondary N) is 1. The highest BCUT2D eigenvalue weighted by atomic mass is 32.2. The van der Waals surface area contributed by atoms with Gasteiger partial charge in [0.05, 0.1) is 11.4 Å². The fraction of sp³-hybridized carbons (Fsp3) is 0. The largest absolute Gasteiger partial charge is 0.477 e. The molecule has 0 amide bonds. The Kier molecular flexibility index (Phi) is 4.64. The van der Waals surface area contributed by atoms with Gasteiger partial charge in [-0.3, -0.25) is 0 Å². The van der Waals surface area contributed by atoms with E-state index in [1.54, 1.807) is 0 Å². The van der Waals surface area contributed by atoms with Crippen LogP contribution >= 0.6 is 11.8 Å². The molecule has 4 nitrogen and oxygen atoms in total. The van der Waals surface area contributed by atoms with Crippen molar-refractivity contribution < 1.29 is 9.90 Å². The van der Waals surface area contributed by atoms with Crippen molar-refractivity contribution >= 4 is 29.1 Å². The molecule has 1 heterocycles. The van der Waals surface area contributed by atoms with Crippen molar-refractivity contribution in [2.45, 2.75) is 9.79 Å². The molecule has 104 valence electrons. The van der Waals surface area contributed by atoms with Crippen LogP contribution in [0.4, 0.5) is 11.4 Å². The van der Waals surface area contributed by atoms with E-state index in [9.17, 15) is 4.79 Å². The summed E-state index contributed by atoms with van der Waals surface area (Å²) in [7, 11) is 0. The average Bonchev–Trinajstić information content (AvgIpc) is 2.52. The zero-order chi connectivity index (χ0) is 15.2. The fourth-order valence-electron chi connectivity index (χ4n) is 1.63. The maximum Gasteiger partial charge on any atom is 0.345 e. The third kappa shape index (κ3) is 3.65. The average molecular weight is 296 g/mol. The topological polar surface area (TPSA) is 73.1 Å². The first-order valence-electron chi connectivity index (χ1n) is 6.07. The molecule has 0 fully saturated rings. The Hall–Kier alpha value is -2.71. The molecule has 0 radical (unpaired) electrons. The second-order valence-electron chi connectivity index (χ2n) is 4.11. The minimum absolute atomic E-state index is 0.431. The second-order valence-corrected chi connectivity index (χ2v) is 5.20. The highest BCUT2D eigenvalue weighted by Gasteiger charge is 2.13. The lowest BCUT2D eigenvalue weighted by Gasteiger charge is -2.19. The summed E-state index contributed by atoms with van der Waals surface area (Å²) < 4.78 is 0. The first kappa shape index (κ1) is 14.7. The summed E-state index contributed by atoms with van der Waals surface area (Å²) >= 11 is 1.82. The molecule has 3 rings (SSSR count). The predicted octanol–water partition coefficient (Wildman–Crippen LogP) is 4.05. The lowest BCUT2D eigenvalue weighted by atomic mass is 10.2. The van der Waals surface area contributed by atoms with E-state index in [4.69, 9.17) is 10.4 Å². The summed E-state index contributed by atoms with van der Waals surface area (Å²) in [5, 5.41) is 19.1. The van der Waals surface area contributed by atoms with Crippen LogP contribution in [0.5, 0.6) is 0 Å². The van der Waals surface area contributed by atoms with Crippen molar-refractivity contribution in [1.82, 2.24) is 0 Å². The number of nitrogens with zero attached hydrogens (tertiary/aromatic N) is 1. The molecule has 0 aromatic heterocycles. The number of hydrogen-bond donors (Lipinski definition) is 2. The van der Waals surface area contributed by atoms with Gasteiger partial charge in [0.1, 0.15) is 11.6 Å². The van der Waals surface area contributed by atoms with Crippen LogP contribution < -0.4 is 5.32 Å². The number of carboxylic acids is 1. The molecular weight excluding hydrogens is 284 g/mol. The van der Waals surface area contributed by atoms with Gasteiger partial charge < -0.3 is 10.4 Å². The van der Waals surface area contributed by atoms with E-state index in [0.29, 0.717) is 0 Å². The van der Waals surface area contributed by atoms with Gasteiger partial charge in [0.15, 0.2) is 0 Å². The van der Waals surface area contributed by atoms with Crippen LogP contribution in [0.15, 0.2) is 70.5 Å². The Balaban J connectivity index is 0.000000199. The molecule has 0 spiro atoms. The van der Waals surface area contributed by atoms with Crippen LogP contribution in [0.25, 0.3) is 0 Å². The number of fused-ring (bicyclic) bond motifs is 2. The van der Waals surface area contributed by atoms with E-state index in [-0.39, 0.29) is 0 Å². The third-order valence-electron chi connectivity index (χ3n) is 2.66. The maximum atomic E-state index is 9.61. The molecule has 1 aliphatic heterocycles. The Morgan fingerprint density at radius 2 is 1.57 bits per heavy atom. The minimum Gasteiger partial charge on any atom is -0.477 e. The lowest BCUT2D eigenvalue weighted by molar-refractivity contribution is -0.132. The Labute approximate surface area is 126 Å². The van der Waals surface area contributed by atoms with E-state index in [0.717, 1.165) is 0 Å². The number of benzene rings is 2. The van der Waals surface area contributed by atoms with Gasteiger partial charge in [0.2, 0.25) is 0 Å². The SMILES string of the molecule is C=C(C#N)C(=O)O.c1ccc2c(c1)Nc1ccccc1S2. The summed E-state index contributed by atoms with van der Waals surface area (Å²) in [6.45, 7) is 2.91. The van der Waals surface area contributed by atoms with Crippen molar-refractivity contribution in [3.8, 4) is 6.07 Å². The Morgan fingerprint density at radius 1 is 1.10 bits per heavy atom. The van der Waals surface area contributed by atoms with Crippen LogP contribution in [-0.2, 0) is 4.79 Å². The number of para-hydroxylation sites is 2. The number of carboxylic acid groups (broad SMARTS) is 1. The zero-order valence-corrected chi connectivity index (χ0v) is 11.9. The predicted molar refractivity (Wildman–Crippen MR) is 82.7 cm³/mol. The molecule has 2 aromatic carbocycles. The summed E-state index contributed by atoms with van der Waals surface area (Å²) in [4.78, 5) is 12.2. The standard InChI is InChI=1S/C12H9NS.C4H3NO2/c1-3-7-11-9(5-1)13-10-6-2-4-8-12(10)14-11;1-3(2-5)4(6)7/h1-8,13H;1H2,(H,6,7). The van der Waals surface area contributed by atoms with Crippen LogP contribution in [0, 0.1) is 11.3 Å². The third-order valence-corrected chi connectivity index (χ3v) is 3.81. The molecule has 2 aromatic rings. The molecule has 1 aliphatic rings. The maximum absolute atomic E-state index is 9.61. The Morgan fingerprint density at radius 3 is 1.95 bits per heavy atom. The van der Waals surface area contributed by atoms with Gasteiger partial charge >= 0.3 is 5.97 Å². The van der Waals surface area contributed by atoms with Crippen LogP contribution in [0.1, 0.15) is 0 Å². The summed E-state index contributed by atoms with van der Waals surface area (Å²) in [6, 6.07) is 18.1. The molecule has 5 heteroatoms. The van der Waals surface area contributed by atoms with E-state index >= 15 is 0 Å². The molecule has 0 aliphatic carbocycles. The molecule has 21 heavy (non-hydrogen) atoms. The lowest BCUT2D eigenvalue weighted by Crippen LogP contribution is -1.98. The number of carbonyl (C=O) groups is 1. The van der Waals surface area contributed by atoms with Crippen molar-refractivity contribution in [1.29, 1.82) is 5.26 Å². The number of anilines is 2. The van der Waals surface area contributed by atoms with Crippen LogP contribution in [0.3, 0.4) is 0 Å². The highest BCUT2D eigenvalue weighted by Crippen LogP contribution is 2.43. The summed E-state index contributed by atoms with van der Waals surface area (Å²) in [6.07, 6.45) is 0. The minimum atomic E-state index is -1.26. The van der Waals surface area contributed by atoms with Crippen molar-refractivity contribution in [3.63, 3.8) is 0 Å². The molecule has 0 atom stereocenters. The van der Waals surface area contributed by atoms with E-state index in [2.05, 4.69) is 60.4 Å². The molecule has 2 N–H and O–H groups in total. The van der Waals surface area contributed by atoms with Crippen LogP contribution in [0.2, 0.25) is 0 Å². The number of rotatable bonds is 1. The molecule has 0 bridgehead atoms. The molecule has 0 saturated heterocycles. The summed E-state index contributed by atoms with van der Waals surface area (Å²) in [5.74, 6) is -1.26. The van der Waals surface area contributed by atoms with Crippen molar-refractivity contribution in [3.05, 3.63) is 60.7 Å². The first-order valence-corrected chi connectivity index (χ1v) is 6.88. The van der Waals surface area contributed by atoms with Gasteiger partial charge in [0.25, 0.3) is 0 Å². The normalized spacial score (nSPS) is 10.6. The zero-order valence-electron chi connectivity index (χ0n) is 11.0. The summed E-state index contributed by atoms with van der Waals surface area (Å²) in [5.41, 5.74) is 1.98. The quantitative estimate of drug-likeness (QED) is 0.523. The molecule has 0 unspecified atom stereocenters. The molecular formula is C16H12N2O2S. The van der Waals surface area contributed by atoms with Gasteiger partial charge in [-0.1, -0.05) is 42.6 Å². The first-order chi connectivity index (χ1) is 10.1. The monoisotopic (exact) mass is 296 g/mol. The van der Waals surface area contributed by atoms with Gasteiger partial charge in [-0.25, -0.2) is 4.79 Å². The number of aliphatic carboxylic acids is 1. The van der Waals surface area contributed by atoms with Gasteiger partial charge in [-0.15, -0.1) is 0 Å². The van der Waals surface area contributed by atoms with Crippen LogP contribution in [-0.4, -0.2) is 11.1 Å². The number of nitriles is 1. The van der Waals surface area contributed by atoms with E-state index < -0.39 is 11.5 Å². The van der Waals surface area contributed by atoms with Crippen molar-refractivity contribution in [2.24, 2.45) is 0 Å². The number of hydrogen-bond acceptors (Lipinski definition) is 4. The van der Waals surface area contributed by atoms with Crippen molar-refractivity contribution in [2.75, 3.05) is 5.32 Å². The fourth-order valence-corrected chi connectivity index (χ4v) is 2.62. The smallest absolute Gasteiger partial charge is 0.345 e. The van der Waals surface area contributed by atoms with Gasteiger partial charge in [0, 0.05) is 9.79 Å². The Bertz CT molecular complexity index is 648. The van der Waals surface area contributed by atoms with E-state index in [1.807, 2.05) is 11.8 Å². The van der Waals surface area contributed by atoms with Gasteiger partial charge in [-0.2, -0.15) is 5.26 Å². The molecule has 0 saturated carbocycles. The second kappa shape index (κ2) is 6.64.